The van der Waals surface area contributed by atoms with Crippen LogP contribution in [0.3, 0.4) is 0 Å². The molecule has 0 unspecified atom stereocenters. The van der Waals surface area contributed by atoms with Crippen LogP contribution in [-0.4, -0.2) is 5.78 Å². The zero-order valence-corrected chi connectivity index (χ0v) is 11.6. The van der Waals surface area contributed by atoms with Crippen LogP contribution in [0, 0.1) is 6.92 Å². The Labute approximate surface area is 114 Å². The SMILES string of the molecule is Cc1ccsc1C(=O)Cc1csc2ccccc12. The molecule has 0 spiro atoms. The predicted octanol–water partition coefficient (Wildman–Crippen LogP) is 4.70. The van der Waals surface area contributed by atoms with Crippen molar-refractivity contribution in [2.24, 2.45) is 0 Å². The van der Waals surface area contributed by atoms with Crippen LogP contribution in [0.25, 0.3) is 10.1 Å². The van der Waals surface area contributed by atoms with Crippen LogP contribution in [0.1, 0.15) is 20.8 Å². The highest BCUT2D eigenvalue weighted by molar-refractivity contribution is 7.17. The highest BCUT2D eigenvalue weighted by Gasteiger charge is 2.13. The first-order chi connectivity index (χ1) is 8.75. The molecule has 0 fully saturated rings. The molecule has 1 aromatic carbocycles. The van der Waals surface area contributed by atoms with Gasteiger partial charge in [0, 0.05) is 11.1 Å². The first-order valence-corrected chi connectivity index (χ1v) is 7.54. The van der Waals surface area contributed by atoms with Gasteiger partial charge in [0.25, 0.3) is 0 Å². The highest BCUT2D eigenvalue weighted by atomic mass is 32.1. The van der Waals surface area contributed by atoms with E-state index in [2.05, 4.69) is 17.5 Å². The van der Waals surface area contributed by atoms with Gasteiger partial charge in [0.05, 0.1) is 4.88 Å². The second kappa shape index (κ2) is 4.67. The number of ketones is 1. The largest absolute Gasteiger partial charge is 0.293 e. The number of benzene rings is 1. The lowest BCUT2D eigenvalue weighted by Crippen LogP contribution is -2.02. The molecule has 0 aliphatic rings. The molecule has 0 bridgehead atoms. The summed E-state index contributed by atoms with van der Waals surface area (Å²) in [6.45, 7) is 2.00. The van der Waals surface area contributed by atoms with Gasteiger partial charge in [-0.15, -0.1) is 22.7 Å². The topological polar surface area (TPSA) is 17.1 Å². The number of rotatable bonds is 3. The zero-order valence-electron chi connectivity index (χ0n) is 9.97. The van der Waals surface area contributed by atoms with Crippen molar-refractivity contribution in [1.82, 2.24) is 0 Å². The fraction of sp³-hybridized carbons (Fsp3) is 0.133. The Balaban J connectivity index is 1.93. The van der Waals surface area contributed by atoms with Crippen LogP contribution in [0.4, 0.5) is 0 Å². The van der Waals surface area contributed by atoms with E-state index in [0.717, 1.165) is 16.0 Å². The van der Waals surface area contributed by atoms with Gasteiger partial charge in [-0.1, -0.05) is 18.2 Å². The van der Waals surface area contributed by atoms with E-state index in [1.54, 1.807) is 11.3 Å². The fourth-order valence-electron chi connectivity index (χ4n) is 2.08. The number of hydrogen-bond acceptors (Lipinski definition) is 3. The second-order valence-corrected chi connectivity index (χ2v) is 6.12. The summed E-state index contributed by atoms with van der Waals surface area (Å²) in [5.74, 6) is 0.228. The van der Waals surface area contributed by atoms with E-state index in [9.17, 15) is 4.79 Å². The maximum atomic E-state index is 12.3. The van der Waals surface area contributed by atoms with Crippen LogP contribution >= 0.6 is 22.7 Å². The van der Waals surface area contributed by atoms with Crippen LogP contribution in [0.15, 0.2) is 41.1 Å². The molecule has 0 amide bonds. The van der Waals surface area contributed by atoms with Crippen molar-refractivity contribution in [3.8, 4) is 0 Å². The van der Waals surface area contributed by atoms with E-state index >= 15 is 0 Å². The summed E-state index contributed by atoms with van der Waals surface area (Å²) in [4.78, 5) is 13.1. The fourth-order valence-corrected chi connectivity index (χ4v) is 3.91. The molecule has 3 aromatic rings. The van der Waals surface area contributed by atoms with Crippen LogP contribution in [-0.2, 0) is 6.42 Å². The molecule has 1 nitrogen and oxygen atoms in total. The summed E-state index contributed by atoms with van der Waals surface area (Å²) in [7, 11) is 0. The normalized spacial score (nSPS) is 10.9. The van der Waals surface area contributed by atoms with Crippen molar-refractivity contribution in [3.05, 3.63) is 57.1 Å². The average Bonchev–Trinajstić information content (AvgIpc) is 2.97. The third-order valence-electron chi connectivity index (χ3n) is 3.03. The number of hydrogen-bond donors (Lipinski definition) is 0. The molecule has 18 heavy (non-hydrogen) atoms. The number of thiophene rings is 2. The van der Waals surface area contributed by atoms with Gasteiger partial charge in [0.1, 0.15) is 0 Å². The molecular formula is C15H12OS2. The van der Waals surface area contributed by atoms with E-state index in [1.807, 2.05) is 30.5 Å². The van der Waals surface area contributed by atoms with Crippen molar-refractivity contribution in [2.45, 2.75) is 13.3 Å². The highest BCUT2D eigenvalue weighted by Crippen LogP contribution is 2.27. The van der Waals surface area contributed by atoms with Gasteiger partial charge >= 0.3 is 0 Å². The van der Waals surface area contributed by atoms with Crippen molar-refractivity contribution in [3.63, 3.8) is 0 Å². The maximum Gasteiger partial charge on any atom is 0.177 e. The summed E-state index contributed by atoms with van der Waals surface area (Å²) in [6, 6.07) is 10.3. The standard InChI is InChI=1S/C15H12OS2/c1-10-6-7-17-15(10)13(16)8-11-9-18-14-5-3-2-4-12(11)14/h2-7,9H,8H2,1H3. The Morgan fingerprint density at radius 1 is 1.17 bits per heavy atom. The minimum atomic E-state index is 0.228. The van der Waals surface area contributed by atoms with Crippen molar-refractivity contribution < 1.29 is 4.79 Å². The molecule has 0 atom stereocenters. The minimum Gasteiger partial charge on any atom is -0.293 e. The van der Waals surface area contributed by atoms with Crippen molar-refractivity contribution in [1.29, 1.82) is 0 Å². The molecule has 3 heteroatoms. The number of fused-ring (bicyclic) bond motifs is 1. The molecule has 2 aromatic heterocycles. The number of aryl methyl sites for hydroxylation is 1. The lowest BCUT2D eigenvalue weighted by Gasteiger charge is -1.99. The lowest BCUT2D eigenvalue weighted by atomic mass is 10.1. The number of carbonyl (C=O) groups excluding carboxylic acids is 1. The molecule has 0 saturated heterocycles. The Hall–Kier alpha value is -1.45. The summed E-state index contributed by atoms with van der Waals surface area (Å²) in [6.07, 6.45) is 0.505. The molecule has 0 aliphatic carbocycles. The molecule has 3 rings (SSSR count). The Kier molecular flexibility index (Phi) is 3.02. The van der Waals surface area contributed by atoms with Crippen molar-refractivity contribution in [2.75, 3.05) is 0 Å². The first-order valence-electron chi connectivity index (χ1n) is 5.78. The third kappa shape index (κ3) is 2.00. The van der Waals surface area contributed by atoms with Gasteiger partial charge in [0.2, 0.25) is 0 Å². The van der Waals surface area contributed by atoms with Gasteiger partial charge < -0.3 is 0 Å². The molecule has 0 N–H and O–H groups in total. The van der Waals surface area contributed by atoms with E-state index in [1.165, 1.54) is 21.4 Å². The molecule has 0 aliphatic heterocycles. The number of carbonyl (C=O) groups is 1. The molecule has 90 valence electrons. The van der Waals surface area contributed by atoms with E-state index < -0.39 is 0 Å². The van der Waals surface area contributed by atoms with E-state index in [-0.39, 0.29) is 5.78 Å². The minimum absolute atomic E-state index is 0.228. The molecule has 2 heterocycles. The second-order valence-electron chi connectivity index (χ2n) is 4.29. The third-order valence-corrected chi connectivity index (χ3v) is 5.10. The van der Waals surface area contributed by atoms with Crippen molar-refractivity contribution >= 4 is 38.5 Å². The lowest BCUT2D eigenvalue weighted by molar-refractivity contribution is 0.0997. The van der Waals surface area contributed by atoms with Gasteiger partial charge in [-0.2, -0.15) is 0 Å². The van der Waals surface area contributed by atoms with E-state index in [0.29, 0.717) is 6.42 Å². The van der Waals surface area contributed by atoms with Gasteiger partial charge in [-0.3, -0.25) is 4.79 Å². The van der Waals surface area contributed by atoms with Gasteiger partial charge in [0.15, 0.2) is 5.78 Å². The monoisotopic (exact) mass is 272 g/mol. The Bertz CT molecular complexity index is 706. The van der Waals surface area contributed by atoms with Crippen LogP contribution in [0.2, 0.25) is 0 Å². The predicted molar refractivity (Wildman–Crippen MR) is 78.9 cm³/mol. The average molecular weight is 272 g/mol. The zero-order chi connectivity index (χ0) is 12.5. The first kappa shape index (κ1) is 11.6. The molecule has 0 radical (unpaired) electrons. The summed E-state index contributed by atoms with van der Waals surface area (Å²) in [5.41, 5.74) is 2.23. The summed E-state index contributed by atoms with van der Waals surface area (Å²) in [5, 5.41) is 5.30. The summed E-state index contributed by atoms with van der Waals surface area (Å²) >= 11 is 3.25. The smallest absolute Gasteiger partial charge is 0.177 e. The number of Topliss-reactive ketones (excluding diaryl/α,β-unsaturated/α-hetero) is 1. The quantitative estimate of drug-likeness (QED) is 0.632. The van der Waals surface area contributed by atoms with Crippen LogP contribution in [0.5, 0.6) is 0 Å². The maximum absolute atomic E-state index is 12.3. The molecular weight excluding hydrogens is 260 g/mol. The van der Waals surface area contributed by atoms with Crippen LogP contribution < -0.4 is 0 Å². The Morgan fingerprint density at radius 2 is 2.00 bits per heavy atom. The summed E-state index contributed by atoms with van der Waals surface area (Å²) < 4.78 is 1.25. The van der Waals surface area contributed by atoms with Gasteiger partial charge in [-0.05, 0) is 46.3 Å². The molecule has 0 saturated carbocycles. The van der Waals surface area contributed by atoms with E-state index in [4.69, 9.17) is 0 Å². The Morgan fingerprint density at radius 3 is 2.78 bits per heavy atom. The van der Waals surface area contributed by atoms with Gasteiger partial charge in [-0.25, -0.2) is 0 Å².